The summed E-state index contributed by atoms with van der Waals surface area (Å²) >= 11 is 5.94. The first-order valence-electron chi connectivity index (χ1n) is 5.34. The van der Waals surface area contributed by atoms with Gasteiger partial charge in [0, 0.05) is 0 Å². The van der Waals surface area contributed by atoms with E-state index in [0.29, 0.717) is 17.4 Å². The molecule has 0 radical (unpaired) electrons. The zero-order chi connectivity index (χ0) is 12.0. The molecule has 0 aromatic heterocycles. The number of ether oxygens (including phenoxy) is 1. The van der Waals surface area contributed by atoms with E-state index in [0.717, 1.165) is 12.8 Å². The molecule has 0 N–H and O–H groups in total. The van der Waals surface area contributed by atoms with E-state index in [-0.39, 0.29) is 5.41 Å². The fourth-order valence-electron chi connectivity index (χ4n) is 1.31. The molecule has 0 saturated carbocycles. The van der Waals surface area contributed by atoms with Crippen LogP contribution in [0.25, 0.3) is 0 Å². The third-order valence-corrected chi connectivity index (χ3v) is 2.66. The minimum atomic E-state index is -0.274. The van der Waals surface area contributed by atoms with Gasteiger partial charge in [-0.15, -0.1) is 0 Å². The Balaban J connectivity index is 2.33. The van der Waals surface area contributed by atoms with Crippen LogP contribution in [0.1, 0.15) is 26.7 Å². The largest absolute Gasteiger partial charge is 0.492 e. The molecule has 0 aliphatic carbocycles. The van der Waals surface area contributed by atoms with Crippen LogP contribution in [0.3, 0.4) is 0 Å². The van der Waals surface area contributed by atoms with E-state index >= 15 is 0 Å². The summed E-state index contributed by atoms with van der Waals surface area (Å²) in [6.45, 7) is 4.46. The van der Waals surface area contributed by atoms with Crippen molar-refractivity contribution in [3.8, 4) is 11.8 Å². The molecule has 2 nitrogen and oxygen atoms in total. The monoisotopic (exact) mass is 237 g/mol. The summed E-state index contributed by atoms with van der Waals surface area (Å²) in [6, 6.07) is 9.67. The molecule has 0 spiro atoms. The topological polar surface area (TPSA) is 33.0 Å². The van der Waals surface area contributed by atoms with Crippen LogP contribution in [-0.4, -0.2) is 6.61 Å². The van der Waals surface area contributed by atoms with E-state index in [4.69, 9.17) is 21.6 Å². The molecule has 0 atom stereocenters. The number of halogens is 1. The SMILES string of the molecule is CC(C)(C#N)CCCOc1ccccc1Cl. The number of para-hydroxylation sites is 1. The van der Waals surface area contributed by atoms with Gasteiger partial charge in [-0.1, -0.05) is 23.7 Å². The quantitative estimate of drug-likeness (QED) is 0.724. The minimum Gasteiger partial charge on any atom is -0.492 e. The molecule has 0 fully saturated rings. The van der Waals surface area contributed by atoms with Crippen molar-refractivity contribution in [2.75, 3.05) is 6.61 Å². The number of nitriles is 1. The highest BCUT2D eigenvalue weighted by atomic mass is 35.5. The van der Waals surface area contributed by atoms with Gasteiger partial charge in [-0.3, -0.25) is 0 Å². The molecule has 0 amide bonds. The molecule has 0 aliphatic heterocycles. The molecular weight excluding hydrogens is 222 g/mol. The molecule has 0 unspecified atom stereocenters. The highest BCUT2D eigenvalue weighted by molar-refractivity contribution is 6.32. The van der Waals surface area contributed by atoms with Gasteiger partial charge in [0.05, 0.1) is 23.1 Å². The zero-order valence-electron chi connectivity index (χ0n) is 9.66. The van der Waals surface area contributed by atoms with Crippen LogP contribution < -0.4 is 4.74 Å². The lowest BCUT2D eigenvalue weighted by Crippen LogP contribution is -2.10. The van der Waals surface area contributed by atoms with Crippen LogP contribution >= 0.6 is 11.6 Å². The lowest BCUT2D eigenvalue weighted by atomic mass is 9.90. The highest BCUT2D eigenvalue weighted by Crippen LogP contribution is 2.24. The second kappa shape index (κ2) is 5.77. The first-order valence-corrected chi connectivity index (χ1v) is 5.71. The van der Waals surface area contributed by atoms with E-state index in [9.17, 15) is 0 Å². The van der Waals surface area contributed by atoms with Crippen LogP contribution in [0.15, 0.2) is 24.3 Å². The van der Waals surface area contributed by atoms with E-state index in [1.165, 1.54) is 0 Å². The molecule has 0 heterocycles. The van der Waals surface area contributed by atoms with Crippen LogP contribution in [0.4, 0.5) is 0 Å². The molecule has 1 aromatic carbocycles. The smallest absolute Gasteiger partial charge is 0.137 e. The maximum atomic E-state index is 8.84. The normalized spacial score (nSPS) is 10.9. The number of nitrogens with zero attached hydrogens (tertiary/aromatic N) is 1. The standard InChI is InChI=1S/C13H16ClNO/c1-13(2,10-15)8-5-9-16-12-7-4-3-6-11(12)14/h3-4,6-7H,5,8-9H2,1-2H3. The minimum absolute atomic E-state index is 0.274. The Kier molecular flexibility index (Phi) is 4.64. The van der Waals surface area contributed by atoms with Gasteiger partial charge in [0.25, 0.3) is 0 Å². The predicted molar refractivity (Wildman–Crippen MR) is 65.6 cm³/mol. The van der Waals surface area contributed by atoms with E-state index in [2.05, 4.69) is 6.07 Å². The van der Waals surface area contributed by atoms with Gasteiger partial charge in [-0.25, -0.2) is 0 Å². The molecule has 0 aliphatic rings. The molecule has 3 heteroatoms. The molecule has 0 bridgehead atoms. The first-order chi connectivity index (χ1) is 7.55. The molecule has 0 saturated heterocycles. The van der Waals surface area contributed by atoms with Crippen molar-refractivity contribution in [2.24, 2.45) is 5.41 Å². The summed E-state index contributed by atoms with van der Waals surface area (Å²) in [5.41, 5.74) is -0.274. The maximum absolute atomic E-state index is 8.84. The van der Waals surface area contributed by atoms with Crippen LogP contribution in [0, 0.1) is 16.7 Å². The fourth-order valence-corrected chi connectivity index (χ4v) is 1.50. The summed E-state index contributed by atoms with van der Waals surface area (Å²) in [5, 5.41) is 9.47. The van der Waals surface area contributed by atoms with Gasteiger partial charge in [-0.2, -0.15) is 5.26 Å². The van der Waals surface area contributed by atoms with E-state index in [1.54, 1.807) is 6.07 Å². The van der Waals surface area contributed by atoms with Gasteiger partial charge < -0.3 is 4.74 Å². The fraction of sp³-hybridized carbons (Fsp3) is 0.462. The Bertz CT molecular complexity index is 382. The summed E-state index contributed by atoms with van der Waals surface area (Å²) in [5.74, 6) is 0.707. The van der Waals surface area contributed by atoms with Crippen LogP contribution in [-0.2, 0) is 0 Å². The summed E-state index contributed by atoms with van der Waals surface area (Å²) in [7, 11) is 0. The van der Waals surface area contributed by atoms with E-state index < -0.39 is 0 Å². The van der Waals surface area contributed by atoms with Crippen molar-refractivity contribution >= 4 is 11.6 Å². The van der Waals surface area contributed by atoms with Crippen molar-refractivity contribution in [1.29, 1.82) is 5.26 Å². The summed E-state index contributed by atoms with van der Waals surface area (Å²) in [6.07, 6.45) is 1.68. The zero-order valence-corrected chi connectivity index (χ0v) is 10.4. The first kappa shape index (κ1) is 12.9. The molecule has 16 heavy (non-hydrogen) atoms. The van der Waals surface area contributed by atoms with Gasteiger partial charge in [0.15, 0.2) is 0 Å². The van der Waals surface area contributed by atoms with Crippen molar-refractivity contribution in [3.05, 3.63) is 29.3 Å². The number of hydrogen-bond acceptors (Lipinski definition) is 2. The molecule has 86 valence electrons. The Labute approximate surface area is 102 Å². The summed E-state index contributed by atoms with van der Waals surface area (Å²) in [4.78, 5) is 0. The Morgan fingerprint density at radius 3 is 2.69 bits per heavy atom. The van der Waals surface area contributed by atoms with Crippen molar-refractivity contribution in [1.82, 2.24) is 0 Å². The second-order valence-electron chi connectivity index (χ2n) is 4.38. The third kappa shape index (κ3) is 4.12. The summed E-state index contributed by atoms with van der Waals surface area (Å²) < 4.78 is 5.54. The van der Waals surface area contributed by atoms with Crippen molar-refractivity contribution in [3.63, 3.8) is 0 Å². The average Bonchev–Trinajstić information content (AvgIpc) is 2.27. The second-order valence-corrected chi connectivity index (χ2v) is 4.79. The number of hydrogen-bond donors (Lipinski definition) is 0. The lowest BCUT2D eigenvalue weighted by molar-refractivity contribution is 0.284. The average molecular weight is 238 g/mol. The van der Waals surface area contributed by atoms with Gasteiger partial charge in [-0.05, 0) is 38.8 Å². The van der Waals surface area contributed by atoms with Gasteiger partial charge in [0.1, 0.15) is 5.75 Å². The Morgan fingerprint density at radius 2 is 2.06 bits per heavy atom. The molecule has 1 rings (SSSR count). The van der Waals surface area contributed by atoms with E-state index in [1.807, 2.05) is 32.0 Å². The highest BCUT2D eigenvalue weighted by Gasteiger charge is 2.15. The number of rotatable bonds is 5. The predicted octanol–water partition coefficient (Wildman–Crippen LogP) is 4.05. The van der Waals surface area contributed by atoms with Crippen LogP contribution in [0.2, 0.25) is 5.02 Å². The maximum Gasteiger partial charge on any atom is 0.137 e. The van der Waals surface area contributed by atoms with Crippen LogP contribution in [0.5, 0.6) is 5.75 Å². The third-order valence-electron chi connectivity index (χ3n) is 2.34. The van der Waals surface area contributed by atoms with Crippen molar-refractivity contribution in [2.45, 2.75) is 26.7 Å². The molecule has 1 aromatic rings. The van der Waals surface area contributed by atoms with Crippen molar-refractivity contribution < 1.29 is 4.74 Å². The lowest BCUT2D eigenvalue weighted by Gasteiger charge is -2.15. The Morgan fingerprint density at radius 1 is 1.38 bits per heavy atom. The molecular formula is C13H16ClNO. The van der Waals surface area contributed by atoms with Gasteiger partial charge in [0.2, 0.25) is 0 Å². The Hall–Kier alpha value is -1.20. The van der Waals surface area contributed by atoms with Gasteiger partial charge >= 0.3 is 0 Å². The number of benzene rings is 1.